The third-order valence-corrected chi connectivity index (χ3v) is 3.44. The van der Waals surface area contributed by atoms with E-state index in [4.69, 9.17) is 0 Å². The van der Waals surface area contributed by atoms with Crippen LogP contribution >= 0.6 is 0 Å². The second-order valence-corrected chi connectivity index (χ2v) is 5.33. The van der Waals surface area contributed by atoms with E-state index in [1.807, 2.05) is 5.32 Å². The number of rotatable bonds is 3. The fourth-order valence-electron chi connectivity index (χ4n) is 2.16. The molecule has 1 unspecified atom stereocenters. The first-order chi connectivity index (χ1) is 11.9. The largest absolute Gasteiger partial charge is 0.573 e. The first-order valence-electron chi connectivity index (χ1n) is 7.18. The topological polar surface area (TPSA) is 74.2 Å². The maximum atomic E-state index is 13.1. The Morgan fingerprint density at radius 3 is 2.31 bits per heavy atom. The molecule has 1 aliphatic rings. The lowest BCUT2D eigenvalue weighted by atomic mass is 10.1. The van der Waals surface area contributed by atoms with Gasteiger partial charge >= 0.3 is 18.6 Å². The quantitative estimate of drug-likeness (QED) is 0.777. The minimum absolute atomic E-state index is 0.0334. The van der Waals surface area contributed by atoms with Crippen molar-refractivity contribution in [2.24, 2.45) is 5.10 Å². The molecule has 1 aromatic rings. The van der Waals surface area contributed by atoms with E-state index in [9.17, 15) is 36.2 Å². The van der Waals surface area contributed by atoms with Crippen LogP contribution < -0.4 is 10.1 Å². The predicted molar refractivity (Wildman–Crippen MR) is 77.3 cm³/mol. The number of anilines is 1. The van der Waals surface area contributed by atoms with Gasteiger partial charge in [0.25, 0.3) is 5.72 Å². The highest BCUT2D eigenvalue weighted by Gasteiger charge is 2.63. The maximum absolute atomic E-state index is 13.1. The van der Waals surface area contributed by atoms with Gasteiger partial charge in [-0.05, 0) is 30.7 Å². The van der Waals surface area contributed by atoms with Crippen LogP contribution in [0.5, 0.6) is 5.75 Å². The Balaban J connectivity index is 2.16. The number of aliphatic hydroxyl groups is 1. The molecule has 2 rings (SSSR count). The van der Waals surface area contributed by atoms with Gasteiger partial charge in [-0.3, -0.25) is 0 Å². The molecule has 0 aromatic heterocycles. The highest BCUT2D eigenvalue weighted by molar-refractivity contribution is 5.95. The Labute approximate surface area is 143 Å². The van der Waals surface area contributed by atoms with Crippen LogP contribution in [0.25, 0.3) is 0 Å². The number of nitrogens with zero attached hydrogens (tertiary/aromatic N) is 2. The van der Waals surface area contributed by atoms with E-state index in [-0.39, 0.29) is 22.8 Å². The zero-order valence-electron chi connectivity index (χ0n) is 13.1. The van der Waals surface area contributed by atoms with Gasteiger partial charge in [0, 0.05) is 17.8 Å². The third kappa shape index (κ3) is 4.18. The minimum atomic E-state index is -5.16. The van der Waals surface area contributed by atoms with Crippen LogP contribution in [0, 0.1) is 0 Å². The van der Waals surface area contributed by atoms with Crippen LogP contribution in [0.15, 0.2) is 29.4 Å². The molecule has 0 aliphatic carbocycles. The van der Waals surface area contributed by atoms with Gasteiger partial charge < -0.3 is 15.2 Å². The number of alkyl halides is 6. The standard InChI is InChI=1S/C14H13F6N3O3/c1-2-8-7-12(25,13(15,16)17)23(22-8)11(24)21-9-3-5-10(6-4-9)26-14(18,19)20/h3-6,25H,2,7H2,1H3,(H,21,24). The summed E-state index contributed by atoms with van der Waals surface area (Å²) in [6.45, 7) is 1.51. The first-order valence-corrected chi connectivity index (χ1v) is 7.18. The molecule has 0 radical (unpaired) electrons. The fourth-order valence-corrected chi connectivity index (χ4v) is 2.16. The summed E-state index contributed by atoms with van der Waals surface area (Å²) in [6, 6.07) is 2.32. The third-order valence-electron chi connectivity index (χ3n) is 3.44. The summed E-state index contributed by atoms with van der Waals surface area (Å²) in [6.07, 6.45) is -10.9. The van der Waals surface area contributed by atoms with Crippen molar-refractivity contribution >= 4 is 17.4 Å². The molecule has 0 fully saturated rings. The fraction of sp³-hybridized carbons (Fsp3) is 0.429. The molecule has 1 heterocycles. The molecule has 12 heteroatoms. The van der Waals surface area contributed by atoms with Gasteiger partial charge in [-0.15, -0.1) is 13.2 Å². The second-order valence-electron chi connectivity index (χ2n) is 5.33. The molecular formula is C14H13F6N3O3. The van der Waals surface area contributed by atoms with Gasteiger partial charge in [-0.25, -0.2) is 4.79 Å². The Morgan fingerprint density at radius 2 is 1.85 bits per heavy atom. The molecule has 0 saturated heterocycles. The summed E-state index contributed by atoms with van der Waals surface area (Å²) in [4.78, 5) is 12.1. The average molecular weight is 385 g/mol. The monoisotopic (exact) mass is 385 g/mol. The number of ether oxygens (including phenoxy) is 1. The molecule has 6 nitrogen and oxygen atoms in total. The van der Waals surface area contributed by atoms with Crippen molar-refractivity contribution in [2.45, 2.75) is 38.0 Å². The van der Waals surface area contributed by atoms with Crippen LogP contribution in [0.4, 0.5) is 36.8 Å². The Kier molecular flexibility index (Phi) is 5.08. The van der Waals surface area contributed by atoms with Crippen molar-refractivity contribution in [1.82, 2.24) is 5.01 Å². The zero-order chi connectivity index (χ0) is 19.8. The number of halogens is 6. The van der Waals surface area contributed by atoms with Gasteiger partial charge in [-0.1, -0.05) is 6.92 Å². The molecule has 1 aromatic carbocycles. The van der Waals surface area contributed by atoms with Crippen LogP contribution in [-0.4, -0.2) is 40.1 Å². The number of hydrazone groups is 1. The van der Waals surface area contributed by atoms with E-state index in [1.165, 1.54) is 6.92 Å². The van der Waals surface area contributed by atoms with Crippen LogP contribution in [0.1, 0.15) is 19.8 Å². The van der Waals surface area contributed by atoms with E-state index in [0.717, 1.165) is 24.3 Å². The van der Waals surface area contributed by atoms with Crippen molar-refractivity contribution in [2.75, 3.05) is 5.32 Å². The number of hydrogen-bond donors (Lipinski definition) is 2. The number of carbonyl (C=O) groups is 1. The van der Waals surface area contributed by atoms with Crippen molar-refractivity contribution < 1.29 is 41.0 Å². The normalized spacial score (nSPS) is 20.8. The number of amides is 2. The van der Waals surface area contributed by atoms with E-state index in [0.29, 0.717) is 0 Å². The van der Waals surface area contributed by atoms with Gasteiger partial charge in [-0.2, -0.15) is 23.3 Å². The number of hydrogen-bond acceptors (Lipinski definition) is 4. The molecular weight excluding hydrogens is 372 g/mol. The number of benzene rings is 1. The van der Waals surface area contributed by atoms with Crippen molar-refractivity contribution in [3.05, 3.63) is 24.3 Å². The number of nitrogens with one attached hydrogen (secondary N) is 1. The molecule has 2 amide bonds. The minimum Gasteiger partial charge on any atom is -0.406 e. The van der Waals surface area contributed by atoms with Crippen LogP contribution in [-0.2, 0) is 0 Å². The van der Waals surface area contributed by atoms with Gasteiger partial charge in [0.15, 0.2) is 0 Å². The number of carbonyl (C=O) groups excluding carboxylic acids is 1. The van der Waals surface area contributed by atoms with Crippen molar-refractivity contribution in [1.29, 1.82) is 0 Å². The Bertz CT molecular complexity index is 701. The van der Waals surface area contributed by atoms with E-state index in [1.54, 1.807) is 0 Å². The Morgan fingerprint density at radius 1 is 1.27 bits per heavy atom. The lowest BCUT2D eigenvalue weighted by molar-refractivity contribution is -0.296. The summed E-state index contributed by atoms with van der Waals surface area (Å²) >= 11 is 0. The van der Waals surface area contributed by atoms with Crippen LogP contribution in [0.3, 0.4) is 0 Å². The molecule has 1 aliphatic heterocycles. The molecule has 144 valence electrons. The Hall–Kier alpha value is -2.50. The second kappa shape index (κ2) is 6.67. The lowest BCUT2D eigenvalue weighted by Gasteiger charge is -2.32. The molecule has 0 saturated carbocycles. The summed E-state index contributed by atoms with van der Waals surface area (Å²) in [7, 11) is 0. The highest BCUT2D eigenvalue weighted by Crippen LogP contribution is 2.41. The molecule has 2 N–H and O–H groups in total. The molecule has 26 heavy (non-hydrogen) atoms. The molecule has 0 spiro atoms. The highest BCUT2D eigenvalue weighted by atomic mass is 19.4. The molecule has 0 bridgehead atoms. The summed E-state index contributed by atoms with van der Waals surface area (Å²) in [5.74, 6) is -0.574. The van der Waals surface area contributed by atoms with Gasteiger partial charge in [0.05, 0.1) is 0 Å². The zero-order valence-corrected chi connectivity index (χ0v) is 13.1. The smallest absolute Gasteiger partial charge is 0.406 e. The van der Waals surface area contributed by atoms with E-state index < -0.39 is 36.5 Å². The van der Waals surface area contributed by atoms with Crippen molar-refractivity contribution in [3.8, 4) is 5.75 Å². The van der Waals surface area contributed by atoms with Crippen LogP contribution in [0.2, 0.25) is 0 Å². The number of urea groups is 1. The first kappa shape index (κ1) is 19.8. The van der Waals surface area contributed by atoms with Gasteiger partial charge in [0.1, 0.15) is 5.75 Å². The van der Waals surface area contributed by atoms with Gasteiger partial charge in [0.2, 0.25) is 0 Å². The van der Waals surface area contributed by atoms with Crippen molar-refractivity contribution in [3.63, 3.8) is 0 Å². The maximum Gasteiger partial charge on any atom is 0.573 e. The summed E-state index contributed by atoms with van der Waals surface area (Å²) in [5.41, 5.74) is -3.65. The van der Waals surface area contributed by atoms with E-state index in [2.05, 4.69) is 9.84 Å². The average Bonchev–Trinajstić information content (AvgIpc) is 2.86. The van der Waals surface area contributed by atoms with E-state index >= 15 is 0 Å². The molecule has 1 atom stereocenters. The predicted octanol–water partition coefficient (Wildman–Crippen LogP) is 3.84. The summed E-state index contributed by atoms with van der Waals surface area (Å²) in [5, 5.41) is 15.3. The SMILES string of the molecule is CCC1=NN(C(=O)Nc2ccc(OC(F)(F)F)cc2)C(O)(C(F)(F)F)C1. The lowest BCUT2D eigenvalue weighted by Crippen LogP contribution is -2.57. The summed E-state index contributed by atoms with van der Waals surface area (Å²) < 4.78 is 79.3.